The maximum absolute atomic E-state index is 12.4. The van der Waals surface area contributed by atoms with Crippen LogP contribution in [0.2, 0.25) is 0 Å². The van der Waals surface area contributed by atoms with Crippen molar-refractivity contribution < 1.29 is 4.79 Å². The van der Waals surface area contributed by atoms with Gasteiger partial charge in [0, 0.05) is 13.1 Å². The Kier molecular flexibility index (Phi) is 5.70. The fourth-order valence-electron chi connectivity index (χ4n) is 3.63. The zero-order valence-corrected chi connectivity index (χ0v) is 15.2. The van der Waals surface area contributed by atoms with Gasteiger partial charge >= 0.3 is 0 Å². The van der Waals surface area contributed by atoms with E-state index in [2.05, 4.69) is 16.3 Å². The van der Waals surface area contributed by atoms with Gasteiger partial charge < -0.3 is 5.32 Å². The minimum atomic E-state index is -0.425. The molecule has 0 aromatic heterocycles. The van der Waals surface area contributed by atoms with Gasteiger partial charge in [-0.15, -0.1) is 0 Å². The smallest absolute Gasteiger partial charge is 0.234 e. The second kappa shape index (κ2) is 8.16. The van der Waals surface area contributed by atoms with Crippen LogP contribution in [0.4, 0.5) is 0 Å². The Bertz CT molecular complexity index is 759. The Labute approximate surface area is 155 Å². The molecule has 3 rings (SSSR count). The molecule has 1 aliphatic rings. The molecular formula is C22H25N3O. The summed E-state index contributed by atoms with van der Waals surface area (Å²) in [5.41, 5.74) is 1.77. The van der Waals surface area contributed by atoms with Crippen molar-refractivity contribution in [2.45, 2.75) is 31.2 Å². The van der Waals surface area contributed by atoms with Gasteiger partial charge in [0.2, 0.25) is 5.91 Å². The molecule has 1 heterocycles. The molecule has 4 heteroatoms. The number of nitrogens with one attached hydrogen (secondary N) is 1. The molecule has 0 aliphatic carbocycles. The van der Waals surface area contributed by atoms with Crippen molar-refractivity contribution in [1.29, 1.82) is 5.26 Å². The Morgan fingerprint density at radius 1 is 1.12 bits per heavy atom. The van der Waals surface area contributed by atoms with Gasteiger partial charge in [-0.1, -0.05) is 60.7 Å². The van der Waals surface area contributed by atoms with E-state index in [0.29, 0.717) is 6.54 Å². The van der Waals surface area contributed by atoms with E-state index in [0.717, 1.165) is 37.1 Å². The third-order valence-corrected chi connectivity index (χ3v) is 5.29. The lowest BCUT2D eigenvalue weighted by Crippen LogP contribution is -2.46. The highest BCUT2D eigenvalue weighted by molar-refractivity contribution is 5.78. The predicted molar refractivity (Wildman–Crippen MR) is 102 cm³/mol. The number of carbonyl (C=O) groups is 1. The molecule has 0 spiro atoms. The Morgan fingerprint density at radius 3 is 2.27 bits per heavy atom. The summed E-state index contributed by atoms with van der Waals surface area (Å²) in [7, 11) is 0. The van der Waals surface area contributed by atoms with Gasteiger partial charge in [0.1, 0.15) is 0 Å². The number of rotatable bonds is 5. The SMILES string of the molecule is C[C@H](NC(=O)CN1CCC(C#N)(c2ccccc2)CC1)c1ccccc1. The van der Waals surface area contributed by atoms with Crippen LogP contribution in [0.3, 0.4) is 0 Å². The van der Waals surface area contributed by atoms with Crippen LogP contribution in [0.25, 0.3) is 0 Å². The van der Waals surface area contributed by atoms with Crippen LogP contribution in [0.5, 0.6) is 0 Å². The third kappa shape index (κ3) is 4.12. The van der Waals surface area contributed by atoms with Crippen LogP contribution >= 0.6 is 0 Å². The molecule has 134 valence electrons. The number of nitrogens with zero attached hydrogens (tertiary/aromatic N) is 2. The standard InChI is InChI=1S/C22H25N3O/c1-18(19-8-4-2-5-9-19)24-21(26)16-25-14-12-22(17-23,13-15-25)20-10-6-3-7-11-20/h2-11,18H,12-16H2,1H3,(H,24,26)/t18-/m0/s1. The van der Waals surface area contributed by atoms with E-state index >= 15 is 0 Å². The van der Waals surface area contributed by atoms with E-state index in [9.17, 15) is 10.1 Å². The average molecular weight is 347 g/mol. The number of carbonyl (C=O) groups excluding carboxylic acids is 1. The number of hydrogen-bond donors (Lipinski definition) is 1. The molecule has 1 saturated heterocycles. The van der Waals surface area contributed by atoms with Crippen LogP contribution in [-0.4, -0.2) is 30.4 Å². The van der Waals surface area contributed by atoms with Gasteiger partial charge in [0.05, 0.1) is 24.1 Å². The molecule has 0 radical (unpaired) electrons. The summed E-state index contributed by atoms with van der Waals surface area (Å²) >= 11 is 0. The van der Waals surface area contributed by atoms with Crippen LogP contribution < -0.4 is 5.32 Å². The number of amides is 1. The largest absolute Gasteiger partial charge is 0.348 e. The Balaban J connectivity index is 1.54. The molecule has 4 nitrogen and oxygen atoms in total. The molecule has 0 bridgehead atoms. The monoisotopic (exact) mass is 347 g/mol. The van der Waals surface area contributed by atoms with Crippen molar-refractivity contribution in [1.82, 2.24) is 10.2 Å². The summed E-state index contributed by atoms with van der Waals surface area (Å²) < 4.78 is 0. The summed E-state index contributed by atoms with van der Waals surface area (Å²) in [5, 5.41) is 12.8. The van der Waals surface area contributed by atoms with Crippen molar-refractivity contribution in [2.24, 2.45) is 0 Å². The van der Waals surface area contributed by atoms with E-state index in [1.165, 1.54) is 0 Å². The Hall–Kier alpha value is -2.64. The van der Waals surface area contributed by atoms with Gasteiger partial charge in [-0.05, 0) is 30.9 Å². The number of benzene rings is 2. The lowest BCUT2D eigenvalue weighted by Gasteiger charge is -2.37. The Morgan fingerprint density at radius 2 is 1.69 bits per heavy atom. The van der Waals surface area contributed by atoms with Crippen LogP contribution in [0.15, 0.2) is 60.7 Å². The van der Waals surface area contributed by atoms with E-state index < -0.39 is 5.41 Å². The second-order valence-electron chi connectivity index (χ2n) is 7.04. The number of nitriles is 1. The molecule has 1 aliphatic heterocycles. The second-order valence-corrected chi connectivity index (χ2v) is 7.04. The van der Waals surface area contributed by atoms with Crippen LogP contribution in [0, 0.1) is 11.3 Å². The first-order valence-corrected chi connectivity index (χ1v) is 9.16. The average Bonchev–Trinajstić information content (AvgIpc) is 2.70. The van der Waals surface area contributed by atoms with Gasteiger partial charge in [-0.3, -0.25) is 9.69 Å². The molecule has 1 amide bonds. The quantitative estimate of drug-likeness (QED) is 0.902. The highest BCUT2D eigenvalue weighted by Crippen LogP contribution is 2.34. The first-order valence-electron chi connectivity index (χ1n) is 9.16. The van der Waals surface area contributed by atoms with Gasteiger partial charge in [-0.25, -0.2) is 0 Å². The van der Waals surface area contributed by atoms with E-state index in [1.54, 1.807) is 0 Å². The highest BCUT2D eigenvalue weighted by atomic mass is 16.2. The number of hydrogen-bond acceptors (Lipinski definition) is 3. The first-order chi connectivity index (χ1) is 12.6. The van der Waals surface area contributed by atoms with Crippen molar-refractivity contribution >= 4 is 5.91 Å². The fraction of sp³-hybridized carbons (Fsp3) is 0.364. The van der Waals surface area contributed by atoms with Crippen molar-refractivity contribution in [2.75, 3.05) is 19.6 Å². The first kappa shape index (κ1) is 18.2. The molecule has 1 atom stereocenters. The van der Waals surface area contributed by atoms with E-state index in [4.69, 9.17) is 0 Å². The van der Waals surface area contributed by atoms with Crippen molar-refractivity contribution in [3.8, 4) is 6.07 Å². The molecular weight excluding hydrogens is 322 g/mol. The molecule has 26 heavy (non-hydrogen) atoms. The summed E-state index contributed by atoms with van der Waals surface area (Å²) in [5.74, 6) is 0.0329. The summed E-state index contributed by atoms with van der Waals surface area (Å²) in [6.07, 6.45) is 1.52. The number of piperidine rings is 1. The summed E-state index contributed by atoms with van der Waals surface area (Å²) in [4.78, 5) is 14.5. The topological polar surface area (TPSA) is 56.1 Å². The van der Waals surface area contributed by atoms with Gasteiger partial charge in [0.15, 0.2) is 0 Å². The van der Waals surface area contributed by atoms with Crippen LogP contribution in [-0.2, 0) is 10.2 Å². The zero-order valence-electron chi connectivity index (χ0n) is 15.2. The minimum Gasteiger partial charge on any atom is -0.348 e. The maximum Gasteiger partial charge on any atom is 0.234 e. The lowest BCUT2D eigenvalue weighted by molar-refractivity contribution is -0.123. The number of likely N-dealkylation sites (tertiary alicyclic amines) is 1. The summed E-state index contributed by atoms with van der Waals surface area (Å²) in [6, 6.07) is 22.5. The van der Waals surface area contributed by atoms with Crippen molar-refractivity contribution in [3.63, 3.8) is 0 Å². The molecule has 0 saturated carbocycles. The van der Waals surface area contributed by atoms with Crippen LogP contribution in [0.1, 0.15) is 36.9 Å². The molecule has 1 N–H and O–H groups in total. The molecule has 2 aromatic rings. The normalized spacial score (nSPS) is 17.8. The maximum atomic E-state index is 12.4. The third-order valence-electron chi connectivity index (χ3n) is 5.29. The lowest BCUT2D eigenvalue weighted by atomic mass is 9.74. The van der Waals surface area contributed by atoms with Gasteiger partial charge in [0.25, 0.3) is 0 Å². The summed E-state index contributed by atoms with van der Waals surface area (Å²) in [6.45, 7) is 3.90. The fourth-order valence-corrected chi connectivity index (χ4v) is 3.63. The molecule has 1 fully saturated rings. The van der Waals surface area contributed by atoms with E-state index in [-0.39, 0.29) is 11.9 Å². The zero-order chi connectivity index (χ0) is 18.4. The molecule has 0 unspecified atom stereocenters. The van der Waals surface area contributed by atoms with Gasteiger partial charge in [-0.2, -0.15) is 5.26 Å². The highest BCUT2D eigenvalue weighted by Gasteiger charge is 2.36. The molecule has 2 aromatic carbocycles. The predicted octanol–water partition coefficient (Wildman–Crippen LogP) is 3.42. The van der Waals surface area contributed by atoms with E-state index in [1.807, 2.05) is 67.6 Å². The van der Waals surface area contributed by atoms with Crippen molar-refractivity contribution in [3.05, 3.63) is 71.8 Å². The minimum absolute atomic E-state index is 0.00370.